The van der Waals surface area contributed by atoms with E-state index in [1.807, 2.05) is 6.07 Å². The molecule has 0 aliphatic carbocycles. The summed E-state index contributed by atoms with van der Waals surface area (Å²) in [5.74, 6) is 0. The zero-order chi connectivity index (χ0) is 13.5. The van der Waals surface area contributed by atoms with Gasteiger partial charge in [-0.25, -0.2) is 0 Å². The molecule has 1 aromatic rings. The van der Waals surface area contributed by atoms with Crippen LogP contribution >= 0.6 is 11.6 Å². The van der Waals surface area contributed by atoms with E-state index in [-0.39, 0.29) is 0 Å². The number of hydrogen-bond acceptors (Lipinski definition) is 3. The Balaban J connectivity index is 2.43. The first-order valence-electron chi connectivity index (χ1n) is 6.18. The van der Waals surface area contributed by atoms with Crippen molar-refractivity contribution in [1.29, 1.82) is 5.26 Å². The predicted octanol–water partition coefficient (Wildman–Crippen LogP) is 3.35. The number of rotatable bonds is 6. The highest BCUT2D eigenvalue weighted by Gasteiger charge is 2.04. The lowest BCUT2D eigenvalue weighted by Gasteiger charge is -2.20. The van der Waals surface area contributed by atoms with E-state index in [1.54, 1.807) is 12.1 Å². The van der Waals surface area contributed by atoms with Crippen LogP contribution in [0, 0.1) is 11.3 Å². The van der Waals surface area contributed by atoms with Crippen molar-refractivity contribution in [3.63, 3.8) is 0 Å². The normalized spacial score (nSPS) is 10.7. The number of nitrogens with one attached hydrogen (secondary N) is 1. The molecule has 0 amide bonds. The first-order chi connectivity index (χ1) is 8.54. The van der Waals surface area contributed by atoms with Gasteiger partial charge in [0.2, 0.25) is 0 Å². The van der Waals surface area contributed by atoms with Crippen LogP contribution in [0.3, 0.4) is 0 Å². The van der Waals surface area contributed by atoms with Gasteiger partial charge in [0.1, 0.15) is 6.07 Å². The van der Waals surface area contributed by atoms with Crippen molar-refractivity contribution in [3.8, 4) is 6.07 Å². The van der Waals surface area contributed by atoms with Gasteiger partial charge >= 0.3 is 0 Å². The molecule has 1 N–H and O–H groups in total. The average Bonchev–Trinajstić information content (AvgIpc) is 2.35. The second kappa shape index (κ2) is 7.25. The molecule has 0 spiro atoms. The lowest BCUT2D eigenvalue weighted by molar-refractivity contribution is 0.273. The quantitative estimate of drug-likeness (QED) is 0.802. The van der Waals surface area contributed by atoms with Crippen molar-refractivity contribution >= 4 is 17.3 Å². The Morgan fingerprint density at radius 2 is 2.17 bits per heavy atom. The molecule has 3 nitrogen and oxygen atoms in total. The second-order valence-corrected chi connectivity index (χ2v) is 5.09. The summed E-state index contributed by atoms with van der Waals surface area (Å²) in [6.07, 6.45) is 1.04. The minimum Gasteiger partial charge on any atom is -0.384 e. The molecule has 0 saturated carbocycles. The molecule has 18 heavy (non-hydrogen) atoms. The van der Waals surface area contributed by atoms with E-state index in [1.165, 1.54) is 0 Å². The van der Waals surface area contributed by atoms with Crippen molar-refractivity contribution in [2.24, 2.45) is 0 Å². The fourth-order valence-electron chi connectivity index (χ4n) is 1.57. The maximum Gasteiger partial charge on any atom is 0.101 e. The second-order valence-electron chi connectivity index (χ2n) is 4.66. The van der Waals surface area contributed by atoms with Gasteiger partial charge in [-0.05, 0) is 52.1 Å². The van der Waals surface area contributed by atoms with Crippen LogP contribution in [0.5, 0.6) is 0 Å². The fraction of sp³-hybridized carbons (Fsp3) is 0.500. The topological polar surface area (TPSA) is 39.1 Å². The Labute approximate surface area is 114 Å². The van der Waals surface area contributed by atoms with Crippen LogP contribution in [0.1, 0.15) is 25.8 Å². The van der Waals surface area contributed by atoms with Gasteiger partial charge in [0.05, 0.1) is 11.3 Å². The van der Waals surface area contributed by atoms with Crippen molar-refractivity contribution in [1.82, 2.24) is 4.90 Å². The Hall–Kier alpha value is -1.24. The van der Waals surface area contributed by atoms with Crippen LogP contribution in [-0.4, -0.2) is 31.1 Å². The average molecular weight is 266 g/mol. The number of nitrogens with zero attached hydrogens (tertiary/aromatic N) is 2. The number of anilines is 1. The van der Waals surface area contributed by atoms with E-state index in [2.05, 4.69) is 37.2 Å². The number of halogens is 1. The first-order valence-corrected chi connectivity index (χ1v) is 6.56. The van der Waals surface area contributed by atoms with Crippen molar-refractivity contribution in [2.45, 2.75) is 26.3 Å². The van der Waals surface area contributed by atoms with E-state index in [4.69, 9.17) is 16.9 Å². The maximum atomic E-state index is 9.00. The van der Waals surface area contributed by atoms with Gasteiger partial charge in [0.15, 0.2) is 0 Å². The highest BCUT2D eigenvalue weighted by molar-refractivity contribution is 6.30. The van der Waals surface area contributed by atoms with Gasteiger partial charge in [-0.15, -0.1) is 0 Å². The molecule has 0 radical (unpaired) electrons. The Kier molecular flexibility index (Phi) is 5.97. The fourth-order valence-corrected chi connectivity index (χ4v) is 1.74. The van der Waals surface area contributed by atoms with E-state index in [9.17, 15) is 0 Å². The Bertz CT molecular complexity index is 424. The zero-order valence-electron chi connectivity index (χ0n) is 11.2. The Morgan fingerprint density at radius 3 is 2.78 bits per heavy atom. The maximum absolute atomic E-state index is 9.00. The SMILES string of the molecule is CC(C)N(C)CCCNc1ccc(Cl)cc1C#N. The van der Waals surface area contributed by atoms with Crippen LogP contribution < -0.4 is 5.32 Å². The van der Waals surface area contributed by atoms with Crippen LogP contribution in [0.4, 0.5) is 5.69 Å². The van der Waals surface area contributed by atoms with Crippen molar-refractivity contribution in [2.75, 3.05) is 25.5 Å². The van der Waals surface area contributed by atoms with E-state index in [0.717, 1.165) is 25.2 Å². The van der Waals surface area contributed by atoms with Gasteiger partial charge in [0, 0.05) is 17.6 Å². The highest BCUT2D eigenvalue weighted by atomic mass is 35.5. The molecule has 0 aliphatic rings. The van der Waals surface area contributed by atoms with Gasteiger partial charge < -0.3 is 10.2 Å². The van der Waals surface area contributed by atoms with E-state index < -0.39 is 0 Å². The molecule has 1 rings (SSSR count). The molecular formula is C14H20ClN3. The molecule has 1 aromatic carbocycles. The third-order valence-corrected chi connectivity index (χ3v) is 3.22. The van der Waals surface area contributed by atoms with E-state index >= 15 is 0 Å². The minimum absolute atomic E-state index is 0.565. The zero-order valence-corrected chi connectivity index (χ0v) is 12.0. The summed E-state index contributed by atoms with van der Waals surface area (Å²) in [5, 5.41) is 12.9. The Morgan fingerprint density at radius 1 is 1.44 bits per heavy atom. The molecule has 0 heterocycles. The number of nitriles is 1. The molecule has 0 unspecified atom stereocenters. The molecule has 0 fully saturated rings. The predicted molar refractivity (Wildman–Crippen MR) is 77.0 cm³/mol. The van der Waals surface area contributed by atoms with Gasteiger partial charge in [0.25, 0.3) is 0 Å². The first kappa shape index (κ1) is 14.8. The molecule has 0 atom stereocenters. The van der Waals surface area contributed by atoms with Crippen molar-refractivity contribution in [3.05, 3.63) is 28.8 Å². The van der Waals surface area contributed by atoms with Crippen LogP contribution in [-0.2, 0) is 0 Å². The summed E-state index contributed by atoms with van der Waals surface area (Å²) in [6.45, 7) is 6.26. The molecule has 0 bridgehead atoms. The summed E-state index contributed by atoms with van der Waals surface area (Å²) in [7, 11) is 2.12. The largest absolute Gasteiger partial charge is 0.384 e. The lowest BCUT2D eigenvalue weighted by atomic mass is 10.2. The highest BCUT2D eigenvalue weighted by Crippen LogP contribution is 2.19. The summed E-state index contributed by atoms with van der Waals surface area (Å²) in [5.41, 5.74) is 1.45. The summed E-state index contributed by atoms with van der Waals surface area (Å²) in [4.78, 5) is 2.30. The lowest BCUT2D eigenvalue weighted by Crippen LogP contribution is -2.28. The summed E-state index contributed by atoms with van der Waals surface area (Å²) < 4.78 is 0. The minimum atomic E-state index is 0.565. The van der Waals surface area contributed by atoms with Gasteiger partial charge in [-0.2, -0.15) is 5.26 Å². The van der Waals surface area contributed by atoms with Crippen LogP contribution in [0.15, 0.2) is 18.2 Å². The summed E-state index contributed by atoms with van der Waals surface area (Å²) >= 11 is 5.85. The van der Waals surface area contributed by atoms with Crippen LogP contribution in [0.25, 0.3) is 0 Å². The van der Waals surface area contributed by atoms with Crippen molar-refractivity contribution < 1.29 is 0 Å². The summed E-state index contributed by atoms with van der Waals surface area (Å²) in [6, 6.07) is 8.05. The number of hydrogen-bond donors (Lipinski definition) is 1. The third-order valence-electron chi connectivity index (χ3n) is 2.99. The molecule has 4 heteroatoms. The van der Waals surface area contributed by atoms with E-state index in [0.29, 0.717) is 16.6 Å². The smallest absolute Gasteiger partial charge is 0.101 e. The standard InChI is InChI=1S/C14H20ClN3/c1-11(2)18(3)8-4-7-17-14-6-5-13(15)9-12(14)10-16/h5-6,9,11,17H,4,7-8H2,1-3H3. The van der Waals surface area contributed by atoms with Crippen LogP contribution in [0.2, 0.25) is 5.02 Å². The monoisotopic (exact) mass is 265 g/mol. The van der Waals surface area contributed by atoms with Gasteiger partial charge in [-0.1, -0.05) is 11.6 Å². The molecular weight excluding hydrogens is 246 g/mol. The van der Waals surface area contributed by atoms with Gasteiger partial charge in [-0.3, -0.25) is 0 Å². The molecule has 0 aliphatic heterocycles. The molecule has 0 aromatic heterocycles. The third kappa shape index (κ3) is 4.56. The number of benzene rings is 1. The molecule has 98 valence electrons. The molecule has 0 saturated heterocycles.